The third kappa shape index (κ3) is 1.79. The van der Waals surface area contributed by atoms with Crippen molar-refractivity contribution in [1.82, 2.24) is 0 Å². The van der Waals surface area contributed by atoms with Crippen LogP contribution in [0.1, 0.15) is 23.6 Å². The summed E-state index contributed by atoms with van der Waals surface area (Å²) >= 11 is 0. The molecule has 15 heavy (non-hydrogen) atoms. The van der Waals surface area contributed by atoms with Crippen molar-refractivity contribution in [2.24, 2.45) is 5.73 Å². The fraction of sp³-hybridized carbons (Fsp3) is 0.400. The smallest absolute Gasteiger partial charge is 0.419 e. The Morgan fingerprint density at radius 3 is 2.73 bits per heavy atom. The van der Waals surface area contributed by atoms with Crippen molar-refractivity contribution in [1.29, 1.82) is 0 Å². The molecule has 2 nitrogen and oxygen atoms in total. The first-order chi connectivity index (χ1) is 7.00. The summed E-state index contributed by atoms with van der Waals surface area (Å²) in [5.74, 6) is -0.108. The van der Waals surface area contributed by atoms with E-state index in [0.29, 0.717) is 12.0 Å². The maximum absolute atomic E-state index is 12.6. The number of halogens is 3. The van der Waals surface area contributed by atoms with Crippen LogP contribution in [0.5, 0.6) is 5.75 Å². The minimum atomic E-state index is -4.39. The van der Waals surface area contributed by atoms with Crippen molar-refractivity contribution in [3.05, 3.63) is 29.3 Å². The Labute approximate surface area is 84.8 Å². The highest BCUT2D eigenvalue weighted by molar-refractivity contribution is 5.45. The number of alkyl halides is 3. The lowest BCUT2D eigenvalue weighted by atomic mass is 9.98. The molecular formula is C10H10F3NO. The number of para-hydroxylation sites is 1. The van der Waals surface area contributed by atoms with Crippen LogP contribution in [0.3, 0.4) is 0 Å². The molecule has 0 aliphatic carbocycles. The molecule has 0 unspecified atom stereocenters. The molecule has 5 heteroatoms. The number of fused-ring (bicyclic) bond motifs is 1. The average molecular weight is 217 g/mol. The van der Waals surface area contributed by atoms with Crippen LogP contribution in [0.25, 0.3) is 0 Å². The molecule has 0 saturated carbocycles. The molecule has 1 aliphatic rings. The van der Waals surface area contributed by atoms with Gasteiger partial charge in [0.1, 0.15) is 5.75 Å². The highest BCUT2D eigenvalue weighted by Crippen LogP contribution is 2.41. The number of nitrogens with two attached hydrogens (primary N) is 1. The largest absolute Gasteiger partial charge is 0.493 e. The summed E-state index contributed by atoms with van der Waals surface area (Å²) in [6.07, 6.45) is -3.84. The molecular weight excluding hydrogens is 207 g/mol. The molecule has 0 aromatic heterocycles. The van der Waals surface area contributed by atoms with Crippen molar-refractivity contribution in [2.45, 2.75) is 18.6 Å². The van der Waals surface area contributed by atoms with Crippen molar-refractivity contribution in [3.8, 4) is 5.75 Å². The van der Waals surface area contributed by atoms with Gasteiger partial charge in [-0.25, -0.2) is 0 Å². The van der Waals surface area contributed by atoms with E-state index in [-0.39, 0.29) is 18.4 Å². The van der Waals surface area contributed by atoms with Crippen LogP contribution in [0.2, 0.25) is 0 Å². The lowest BCUT2D eigenvalue weighted by molar-refractivity contribution is -0.139. The van der Waals surface area contributed by atoms with Crippen molar-refractivity contribution in [2.75, 3.05) is 6.61 Å². The van der Waals surface area contributed by atoms with E-state index < -0.39 is 11.7 Å². The molecule has 82 valence electrons. The molecule has 2 rings (SSSR count). The Bertz CT molecular complexity index is 375. The summed E-state index contributed by atoms with van der Waals surface area (Å²) in [6.45, 7) is 0.237. The molecule has 0 amide bonds. The standard InChI is InChI=1S/C10H10F3NO/c11-10(12,13)7-3-1-2-6-8(14)4-5-15-9(6)7/h1-3,8H,4-5,14H2/t8-/m1/s1. The van der Waals surface area contributed by atoms with Crippen molar-refractivity contribution in [3.63, 3.8) is 0 Å². The monoisotopic (exact) mass is 217 g/mol. The first kappa shape index (κ1) is 10.3. The van der Waals surface area contributed by atoms with Crippen LogP contribution in [0.15, 0.2) is 18.2 Å². The lowest BCUT2D eigenvalue weighted by Gasteiger charge is -2.25. The van der Waals surface area contributed by atoms with Crippen LogP contribution in [0.4, 0.5) is 13.2 Å². The van der Waals surface area contributed by atoms with E-state index in [1.54, 1.807) is 6.07 Å². The molecule has 1 aliphatic heterocycles. The van der Waals surface area contributed by atoms with E-state index in [1.165, 1.54) is 6.07 Å². The second-order valence-corrected chi connectivity index (χ2v) is 3.47. The van der Waals surface area contributed by atoms with E-state index in [4.69, 9.17) is 10.5 Å². The third-order valence-corrected chi connectivity index (χ3v) is 2.43. The summed E-state index contributed by atoms with van der Waals surface area (Å²) in [4.78, 5) is 0. The number of hydrogen-bond acceptors (Lipinski definition) is 2. The quantitative estimate of drug-likeness (QED) is 0.724. The number of ether oxygens (including phenoxy) is 1. The Hall–Kier alpha value is -1.23. The first-order valence-corrected chi connectivity index (χ1v) is 4.58. The molecule has 1 heterocycles. The second-order valence-electron chi connectivity index (χ2n) is 3.47. The van der Waals surface area contributed by atoms with Crippen LogP contribution in [0, 0.1) is 0 Å². The zero-order chi connectivity index (χ0) is 11.1. The molecule has 2 N–H and O–H groups in total. The highest BCUT2D eigenvalue weighted by Gasteiger charge is 2.36. The number of benzene rings is 1. The predicted octanol–water partition coefficient (Wildman–Crippen LogP) is 2.49. The summed E-state index contributed by atoms with van der Waals surface area (Å²) < 4.78 is 42.8. The van der Waals surface area contributed by atoms with Gasteiger partial charge in [-0.05, 0) is 6.07 Å². The van der Waals surface area contributed by atoms with E-state index >= 15 is 0 Å². The minimum absolute atomic E-state index is 0.108. The molecule has 1 aromatic rings. The van der Waals surface area contributed by atoms with Crippen LogP contribution in [-0.2, 0) is 6.18 Å². The van der Waals surface area contributed by atoms with Crippen LogP contribution in [-0.4, -0.2) is 6.61 Å². The zero-order valence-electron chi connectivity index (χ0n) is 7.84. The van der Waals surface area contributed by atoms with Gasteiger partial charge in [-0.2, -0.15) is 13.2 Å². The Morgan fingerprint density at radius 1 is 1.33 bits per heavy atom. The molecule has 1 atom stereocenters. The van der Waals surface area contributed by atoms with E-state index in [9.17, 15) is 13.2 Å². The Morgan fingerprint density at radius 2 is 2.07 bits per heavy atom. The van der Waals surface area contributed by atoms with Gasteiger partial charge in [-0.3, -0.25) is 0 Å². The molecule has 0 spiro atoms. The predicted molar refractivity (Wildman–Crippen MR) is 48.5 cm³/mol. The number of hydrogen-bond donors (Lipinski definition) is 1. The normalized spacial score (nSPS) is 20.7. The van der Waals surface area contributed by atoms with Gasteiger partial charge in [0.15, 0.2) is 0 Å². The summed E-state index contributed by atoms with van der Waals surface area (Å²) in [5.41, 5.74) is 5.41. The summed E-state index contributed by atoms with van der Waals surface area (Å²) in [6, 6.07) is 3.58. The lowest BCUT2D eigenvalue weighted by Crippen LogP contribution is -2.23. The topological polar surface area (TPSA) is 35.2 Å². The Balaban J connectivity index is 2.54. The van der Waals surface area contributed by atoms with Gasteiger partial charge in [0, 0.05) is 18.0 Å². The van der Waals surface area contributed by atoms with Gasteiger partial charge in [-0.15, -0.1) is 0 Å². The average Bonchev–Trinajstić information content (AvgIpc) is 2.16. The summed E-state index contributed by atoms with van der Waals surface area (Å²) in [5, 5.41) is 0. The maximum Gasteiger partial charge on any atom is 0.419 e. The highest BCUT2D eigenvalue weighted by atomic mass is 19.4. The van der Waals surface area contributed by atoms with E-state index in [0.717, 1.165) is 6.07 Å². The SMILES string of the molecule is N[C@@H]1CCOc2c1cccc2C(F)(F)F. The molecule has 0 saturated heterocycles. The fourth-order valence-electron chi connectivity index (χ4n) is 1.67. The number of rotatable bonds is 0. The van der Waals surface area contributed by atoms with Gasteiger partial charge in [0.05, 0.1) is 12.2 Å². The second kappa shape index (κ2) is 3.41. The van der Waals surface area contributed by atoms with Gasteiger partial charge < -0.3 is 10.5 Å². The van der Waals surface area contributed by atoms with E-state index in [2.05, 4.69) is 0 Å². The summed E-state index contributed by atoms with van der Waals surface area (Å²) in [7, 11) is 0. The fourth-order valence-corrected chi connectivity index (χ4v) is 1.67. The van der Waals surface area contributed by atoms with Gasteiger partial charge in [0.25, 0.3) is 0 Å². The van der Waals surface area contributed by atoms with Crippen LogP contribution >= 0.6 is 0 Å². The molecule has 0 bridgehead atoms. The zero-order valence-corrected chi connectivity index (χ0v) is 7.84. The van der Waals surface area contributed by atoms with Crippen LogP contribution < -0.4 is 10.5 Å². The molecule has 0 radical (unpaired) electrons. The van der Waals surface area contributed by atoms with E-state index in [1.807, 2.05) is 0 Å². The minimum Gasteiger partial charge on any atom is -0.493 e. The first-order valence-electron chi connectivity index (χ1n) is 4.58. The van der Waals surface area contributed by atoms with Crippen molar-refractivity contribution < 1.29 is 17.9 Å². The van der Waals surface area contributed by atoms with Gasteiger partial charge in [0.2, 0.25) is 0 Å². The maximum atomic E-state index is 12.6. The van der Waals surface area contributed by atoms with Crippen molar-refractivity contribution >= 4 is 0 Å². The Kier molecular flexibility index (Phi) is 2.34. The molecule has 1 aromatic carbocycles. The van der Waals surface area contributed by atoms with Gasteiger partial charge >= 0.3 is 6.18 Å². The third-order valence-electron chi connectivity index (χ3n) is 2.43. The van der Waals surface area contributed by atoms with Gasteiger partial charge in [-0.1, -0.05) is 12.1 Å². The molecule has 0 fully saturated rings.